The van der Waals surface area contributed by atoms with Crippen molar-refractivity contribution in [3.05, 3.63) is 53.9 Å². The van der Waals surface area contributed by atoms with Crippen molar-refractivity contribution >= 4 is 23.2 Å². The number of amides is 1. The minimum absolute atomic E-state index is 0.00425. The number of carbonyl (C=O) groups excluding carboxylic acids is 1. The fourth-order valence-electron chi connectivity index (χ4n) is 3.16. The minimum Gasteiger partial charge on any atom is -0.365 e. The Morgan fingerprint density at radius 3 is 2.61 bits per heavy atom. The van der Waals surface area contributed by atoms with Crippen LogP contribution in [0.4, 0.5) is 21.7 Å². The lowest BCUT2D eigenvalue weighted by molar-refractivity contribution is 0.100. The first-order chi connectivity index (χ1) is 14.8. The Bertz CT molecular complexity index is 1070. The number of hydrogen-bond acceptors (Lipinski definition) is 7. The zero-order chi connectivity index (χ0) is 22.5. The number of pyridine rings is 2. The second-order valence-corrected chi connectivity index (χ2v) is 7.80. The van der Waals surface area contributed by atoms with Gasteiger partial charge in [0.05, 0.1) is 35.5 Å². The summed E-state index contributed by atoms with van der Waals surface area (Å²) in [7, 11) is 0. The van der Waals surface area contributed by atoms with E-state index in [0.29, 0.717) is 23.8 Å². The Morgan fingerprint density at radius 1 is 1.23 bits per heavy atom. The van der Waals surface area contributed by atoms with Crippen molar-refractivity contribution in [3.63, 3.8) is 0 Å². The summed E-state index contributed by atoms with van der Waals surface area (Å²) in [5.41, 5.74) is 13.4. The number of primary amides is 1. The molecule has 0 spiro atoms. The van der Waals surface area contributed by atoms with Crippen molar-refractivity contribution in [2.45, 2.75) is 33.2 Å². The Morgan fingerprint density at radius 2 is 2.00 bits per heavy atom. The monoisotopic (exact) mass is 426 g/mol. The second-order valence-electron chi connectivity index (χ2n) is 7.80. The molecule has 0 aliphatic carbocycles. The van der Waals surface area contributed by atoms with Gasteiger partial charge < -0.3 is 22.1 Å². The lowest BCUT2D eigenvalue weighted by Gasteiger charge is -2.21. The number of aryl methyl sites for hydroxylation is 1. The van der Waals surface area contributed by atoms with Crippen LogP contribution in [-0.4, -0.2) is 38.2 Å². The summed E-state index contributed by atoms with van der Waals surface area (Å²) in [6, 6.07) is 2.68. The van der Waals surface area contributed by atoms with E-state index >= 15 is 0 Å². The van der Waals surface area contributed by atoms with Crippen LogP contribution in [0.15, 0.2) is 36.9 Å². The number of rotatable bonds is 9. The van der Waals surface area contributed by atoms with Crippen molar-refractivity contribution in [1.29, 1.82) is 0 Å². The van der Waals surface area contributed by atoms with Crippen LogP contribution in [0.5, 0.6) is 0 Å². The van der Waals surface area contributed by atoms with Gasteiger partial charge >= 0.3 is 0 Å². The molecular formula is C21H27FN8O. The third-order valence-electron chi connectivity index (χ3n) is 4.59. The van der Waals surface area contributed by atoms with Crippen molar-refractivity contribution in [1.82, 2.24) is 19.7 Å². The Hall–Kier alpha value is -3.53. The van der Waals surface area contributed by atoms with E-state index in [4.69, 9.17) is 11.5 Å². The highest BCUT2D eigenvalue weighted by Crippen LogP contribution is 2.25. The van der Waals surface area contributed by atoms with Gasteiger partial charge in [-0.15, -0.1) is 0 Å². The molecule has 0 unspecified atom stereocenters. The predicted molar refractivity (Wildman–Crippen MR) is 118 cm³/mol. The quantitative estimate of drug-likeness (QED) is 0.413. The topological polar surface area (TPSA) is 137 Å². The van der Waals surface area contributed by atoms with Crippen LogP contribution in [0.1, 0.15) is 36.2 Å². The molecule has 10 heteroatoms. The summed E-state index contributed by atoms with van der Waals surface area (Å²) in [6.07, 6.45) is 7.54. The molecule has 0 radical (unpaired) electrons. The number of carbonyl (C=O) groups is 1. The normalized spacial score (nSPS) is 12.1. The molecular weight excluding hydrogens is 399 g/mol. The molecule has 3 aromatic heterocycles. The average Bonchev–Trinajstić information content (AvgIpc) is 3.15. The average molecular weight is 427 g/mol. The van der Waals surface area contributed by atoms with Crippen molar-refractivity contribution in [3.8, 4) is 5.69 Å². The highest BCUT2D eigenvalue weighted by Gasteiger charge is 2.19. The van der Waals surface area contributed by atoms with Crippen LogP contribution in [0, 0.1) is 18.7 Å². The van der Waals surface area contributed by atoms with E-state index in [9.17, 15) is 9.18 Å². The van der Waals surface area contributed by atoms with Gasteiger partial charge in [0, 0.05) is 18.8 Å². The number of halogens is 1. The summed E-state index contributed by atoms with van der Waals surface area (Å²) < 4.78 is 16.3. The van der Waals surface area contributed by atoms with Gasteiger partial charge in [0.15, 0.2) is 11.6 Å². The SMILES string of the molecule is Cc1cnn(-c2cncc(Nc3nc(N[C@@H](CN)CC(C)C)c(F)cc3C(N)=O)c2)c1. The van der Waals surface area contributed by atoms with Gasteiger partial charge in [0.1, 0.15) is 5.82 Å². The molecule has 6 N–H and O–H groups in total. The van der Waals surface area contributed by atoms with E-state index < -0.39 is 11.7 Å². The summed E-state index contributed by atoms with van der Waals surface area (Å²) in [4.78, 5) is 20.4. The minimum atomic E-state index is -0.801. The zero-order valence-corrected chi connectivity index (χ0v) is 17.8. The molecule has 0 aromatic carbocycles. The number of nitrogens with zero attached hydrogens (tertiary/aromatic N) is 4. The molecule has 9 nitrogen and oxygen atoms in total. The molecule has 3 aromatic rings. The van der Waals surface area contributed by atoms with E-state index in [1.165, 1.54) is 0 Å². The van der Waals surface area contributed by atoms with Crippen molar-refractivity contribution in [2.24, 2.45) is 17.4 Å². The first-order valence-corrected chi connectivity index (χ1v) is 9.97. The van der Waals surface area contributed by atoms with Crippen molar-refractivity contribution in [2.75, 3.05) is 17.2 Å². The van der Waals surface area contributed by atoms with Crippen molar-refractivity contribution < 1.29 is 9.18 Å². The number of nitrogens with two attached hydrogens (primary N) is 2. The Balaban J connectivity index is 1.93. The first kappa shape index (κ1) is 22.2. The van der Waals surface area contributed by atoms with Gasteiger partial charge in [-0.3, -0.25) is 9.78 Å². The molecule has 0 saturated heterocycles. The molecule has 1 atom stereocenters. The number of nitrogens with one attached hydrogen (secondary N) is 2. The maximum atomic E-state index is 14.6. The van der Waals surface area contributed by atoms with Gasteiger partial charge in [0.2, 0.25) is 0 Å². The summed E-state index contributed by atoms with van der Waals surface area (Å²) in [5, 5.41) is 10.3. The van der Waals surface area contributed by atoms with E-state index in [1.807, 2.05) is 13.1 Å². The third kappa shape index (κ3) is 5.54. The summed E-state index contributed by atoms with van der Waals surface area (Å²) in [6.45, 7) is 6.36. The predicted octanol–water partition coefficient (Wildman–Crippen LogP) is 2.74. The first-order valence-electron chi connectivity index (χ1n) is 9.97. The Labute approximate surface area is 180 Å². The molecule has 31 heavy (non-hydrogen) atoms. The lowest BCUT2D eigenvalue weighted by Crippen LogP contribution is -2.31. The lowest BCUT2D eigenvalue weighted by atomic mass is 10.0. The fourth-order valence-corrected chi connectivity index (χ4v) is 3.16. The standard InChI is InChI=1S/C21H27FN8O/c1-12(2)4-14(7-23)27-21-18(22)6-17(19(24)31)20(29-21)28-15-5-16(10-25-9-15)30-11-13(3)8-26-30/h5-6,8-12,14H,4,7,23H2,1-3H3,(H2,24,31)(H2,27,28,29)/t14-/m1/s1. The molecule has 0 saturated carbocycles. The van der Waals surface area contributed by atoms with Crippen LogP contribution < -0.4 is 22.1 Å². The zero-order valence-electron chi connectivity index (χ0n) is 17.8. The molecule has 3 heterocycles. The van der Waals surface area contributed by atoms with Gasteiger partial charge in [-0.05, 0) is 37.0 Å². The molecule has 0 bridgehead atoms. The second kappa shape index (κ2) is 9.52. The maximum Gasteiger partial charge on any atom is 0.252 e. The van der Waals surface area contributed by atoms with E-state index in [1.54, 1.807) is 29.3 Å². The van der Waals surface area contributed by atoms with Crippen LogP contribution in [0.25, 0.3) is 5.69 Å². The van der Waals surface area contributed by atoms with Crippen LogP contribution in [-0.2, 0) is 0 Å². The van der Waals surface area contributed by atoms with Crippen LogP contribution in [0.2, 0.25) is 0 Å². The van der Waals surface area contributed by atoms with Gasteiger partial charge in [-0.25, -0.2) is 14.1 Å². The highest BCUT2D eigenvalue weighted by atomic mass is 19.1. The van der Waals surface area contributed by atoms with Gasteiger partial charge in [-0.2, -0.15) is 5.10 Å². The van der Waals surface area contributed by atoms with Crippen LogP contribution >= 0.6 is 0 Å². The third-order valence-corrected chi connectivity index (χ3v) is 4.59. The van der Waals surface area contributed by atoms with Gasteiger partial charge in [-0.1, -0.05) is 13.8 Å². The fraction of sp³-hybridized carbons (Fsp3) is 0.333. The Kier molecular flexibility index (Phi) is 6.81. The number of anilines is 3. The largest absolute Gasteiger partial charge is 0.365 e. The highest BCUT2D eigenvalue weighted by molar-refractivity contribution is 5.98. The number of aromatic nitrogens is 4. The van der Waals surface area contributed by atoms with E-state index in [2.05, 4.69) is 39.5 Å². The smallest absolute Gasteiger partial charge is 0.252 e. The molecule has 3 rings (SSSR count). The van der Waals surface area contributed by atoms with Crippen LogP contribution in [0.3, 0.4) is 0 Å². The maximum absolute atomic E-state index is 14.6. The molecule has 0 aliphatic heterocycles. The molecule has 1 amide bonds. The molecule has 0 fully saturated rings. The number of hydrogen-bond donors (Lipinski definition) is 4. The molecule has 164 valence electrons. The van der Waals surface area contributed by atoms with Gasteiger partial charge in [0.25, 0.3) is 5.91 Å². The molecule has 0 aliphatic rings. The van der Waals surface area contributed by atoms with E-state index in [0.717, 1.165) is 18.1 Å². The summed E-state index contributed by atoms with van der Waals surface area (Å²) in [5.74, 6) is -1.00. The van der Waals surface area contributed by atoms with E-state index in [-0.39, 0.29) is 23.2 Å². The summed E-state index contributed by atoms with van der Waals surface area (Å²) >= 11 is 0.